The summed E-state index contributed by atoms with van der Waals surface area (Å²) < 4.78 is 24.5. The number of benzene rings is 1. The minimum absolute atomic E-state index is 0.269. The number of alkyl halides is 2. The molecular formula is C12H15F2N. The number of hydrogen-bond donors (Lipinski definition) is 1. The van der Waals surface area contributed by atoms with Crippen molar-refractivity contribution in [1.82, 2.24) is 0 Å². The van der Waals surface area contributed by atoms with Crippen LogP contribution in [0.5, 0.6) is 0 Å². The van der Waals surface area contributed by atoms with Crippen LogP contribution in [0.3, 0.4) is 0 Å². The van der Waals surface area contributed by atoms with Crippen LogP contribution >= 0.6 is 0 Å². The van der Waals surface area contributed by atoms with E-state index in [1.165, 1.54) is 17.5 Å². The van der Waals surface area contributed by atoms with Gasteiger partial charge in [0.25, 0.3) is 6.43 Å². The molecule has 1 nitrogen and oxygen atoms in total. The third-order valence-electron chi connectivity index (χ3n) is 2.96. The standard InChI is InChI=1S/C12H15F2N/c13-12(14)11(15)7-8-4-5-9-2-1-3-10(9)6-8/h4-6,11-12H,1-3,7,15H2. The van der Waals surface area contributed by atoms with Crippen LogP contribution in [0.4, 0.5) is 8.78 Å². The highest BCUT2D eigenvalue weighted by atomic mass is 19.3. The van der Waals surface area contributed by atoms with Gasteiger partial charge in [-0.2, -0.15) is 0 Å². The van der Waals surface area contributed by atoms with E-state index >= 15 is 0 Å². The lowest BCUT2D eigenvalue weighted by molar-refractivity contribution is 0.116. The van der Waals surface area contributed by atoms with E-state index in [0.717, 1.165) is 18.4 Å². The van der Waals surface area contributed by atoms with Crippen LogP contribution in [0, 0.1) is 0 Å². The highest BCUT2D eigenvalue weighted by Crippen LogP contribution is 2.23. The second-order valence-corrected chi connectivity index (χ2v) is 4.16. The van der Waals surface area contributed by atoms with Crippen LogP contribution in [-0.4, -0.2) is 12.5 Å². The van der Waals surface area contributed by atoms with E-state index in [0.29, 0.717) is 0 Å². The maximum atomic E-state index is 12.3. The molecule has 0 saturated heterocycles. The molecule has 1 aromatic rings. The highest BCUT2D eigenvalue weighted by molar-refractivity contribution is 5.35. The first-order valence-corrected chi connectivity index (χ1v) is 5.31. The molecule has 1 aliphatic carbocycles. The monoisotopic (exact) mass is 211 g/mol. The van der Waals surface area contributed by atoms with E-state index in [1.807, 2.05) is 12.1 Å². The van der Waals surface area contributed by atoms with Gasteiger partial charge in [0.2, 0.25) is 0 Å². The summed E-state index contributed by atoms with van der Waals surface area (Å²) in [5.74, 6) is 0. The number of fused-ring (bicyclic) bond motifs is 1. The minimum atomic E-state index is -2.43. The first-order valence-electron chi connectivity index (χ1n) is 5.31. The zero-order chi connectivity index (χ0) is 10.8. The van der Waals surface area contributed by atoms with E-state index in [9.17, 15) is 8.78 Å². The fourth-order valence-electron chi connectivity index (χ4n) is 2.11. The number of rotatable bonds is 3. The molecule has 0 radical (unpaired) electrons. The average molecular weight is 211 g/mol. The second kappa shape index (κ2) is 4.27. The predicted octanol–water partition coefficient (Wildman–Crippen LogP) is 2.31. The van der Waals surface area contributed by atoms with Crippen molar-refractivity contribution in [3.05, 3.63) is 34.9 Å². The summed E-state index contributed by atoms with van der Waals surface area (Å²) >= 11 is 0. The van der Waals surface area contributed by atoms with Gasteiger partial charge in [-0.25, -0.2) is 8.78 Å². The Bertz CT molecular complexity index is 349. The summed E-state index contributed by atoms with van der Waals surface area (Å²) in [5.41, 5.74) is 8.96. The summed E-state index contributed by atoms with van der Waals surface area (Å²) in [4.78, 5) is 0. The number of nitrogens with two attached hydrogens (primary N) is 1. The van der Waals surface area contributed by atoms with Crippen molar-refractivity contribution in [3.63, 3.8) is 0 Å². The van der Waals surface area contributed by atoms with Crippen molar-refractivity contribution in [2.24, 2.45) is 5.73 Å². The minimum Gasteiger partial charge on any atom is -0.323 e. The summed E-state index contributed by atoms with van der Waals surface area (Å²) in [7, 11) is 0. The van der Waals surface area contributed by atoms with Gasteiger partial charge in [0.1, 0.15) is 0 Å². The molecule has 1 atom stereocenters. The number of hydrogen-bond acceptors (Lipinski definition) is 1. The molecule has 82 valence electrons. The molecule has 0 saturated carbocycles. The topological polar surface area (TPSA) is 26.0 Å². The van der Waals surface area contributed by atoms with Gasteiger partial charge in [-0.1, -0.05) is 18.2 Å². The van der Waals surface area contributed by atoms with Gasteiger partial charge < -0.3 is 5.73 Å². The van der Waals surface area contributed by atoms with Crippen LogP contribution in [0.25, 0.3) is 0 Å². The summed E-state index contributed by atoms with van der Waals surface area (Å²) in [6.45, 7) is 0. The van der Waals surface area contributed by atoms with E-state index < -0.39 is 12.5 Å². The zero-order valence-corrected chi connectivity index (χ0v) is 8.55. The largest absolute Gasteiger partial charge is 0.323 e. The molecule has 0 aliphatic heterocycles. The summed E-state index contributed by atoms with van der Waals surface area (Å²) in [6, 6.07) is 4.97. The molecule has 0 fully saturated rings. The molecular weight excluding hydrogens is 196 g/mol. The molecule has 1 aromatic carbocycles. The third-order valence-corrected chi connectivity index (χ3v) is 2.96. The van der Waals surface area contributed by atoms with Crippen LogP contribution in [0.15, 0.2) is 18.2 Å². The molecule has 1 unspecified atom stereocenters. The Morgan fingerprint density at radius 2 is 1.93 bits per heavy atom. The number of halogens is 2. The Morgan fingerprint density at radius 1 is 1.20 bits per heavy atom. The van der Waals surface area contributed by atoms with Gasteiger partial charge in [0.15, 0.2) is 0 Å². The van der Waals surface area contributed by atoms with E-state index in [4.69, 9.17) is 5.73 Å². The van der Waals surface area contributed by atoms with Crippen molar-refractivity contribution >= 4 is 0 Å². The molecule has 0 aromatic heterocycles. The Hall–Kier alpha value is -0.960. The van der Waals surface area contributed by atoms with Gasteiger partial charge in [-0.15, -0.1) is 0 Å². The number of aryl methyl sites for hydroxylation is 2. The first kappa shape index (κ1) is 10.6. The lowest BCUT2D eigenvalue weighted by Gasteiger charge is -2.11. The Balaban J connectivity index is 2.10. The quantitative estimate of drug-likeness (QED) is 0.815. The van der Waals surface area contributed by atoms with E-state index in [1.54, 1.807) is 0 Å². The van der Waals surface area contributed by atoms with Crippen molar-refractivity contribution in [2.45, 2.75) is 38.2 Å². The van der Waals surface area contributed by atoms with Crippen LogP contribution in [-0.2, 0) is 19.3 Å². The van der Waals surface area contributed by atoms with Crippen molar-refractivity contribution in [1.29, 1.82) is 0 Å². The van der Waals surface area contributed by atoms with Gasteiger partial charge in [0.05, 0.1) is 6.04 Å². The van der Waals surface area contributed by atoms with Gasteiger partial charge in [0, 0.05) is 0 Å². The fourth-order valence-corrected chi connectivity index (χ4v) is 2.11. The highest BCUT2D eigenvalue weighted by Gasteiger charge is 2.17. The lowest BCUT2D eigenvalue weighted by atomic mass is 10.0. The Kier molecular flexibility index (Phi) is 3.00. The first-order chi connectivity index (χ1) is 7.16. The smallest absolute Gasteiger partial charge is 0.253 e. The molecule has 0 amide bonds. The fraction of sp³-hybridized carbons (Fsp3) is 0.500. The molecule has 15 heavy (non-hydrogen) atoms. The molecule has 2 rings (SSSR count). The Morgan fingerprint density at radius 3 is 2.67 bits per heavy atom. The van der Waals surface area contributed by atoms with Crippen LogP contribution < -0.4 is 5.73 Å². The van der Waals surface area contributed by atoms with E-state index in [2.05, 4.69) is 6.07 Å². The molecule has 0 heterocycles. The molecule has 0 bridgehead atoms. The molecule has 0 spiro atoms. The zero-order valence-electron chi connectivity index (χ0n) is 8.55. The van der Waals surface area contributed by atoms with Crippen LogP contribution in [0.1, 0.15) is 23.1 Å². The lowest BCUT2D eigenvalue weighted by Crippen LogP contribution is -2.30. The summed E-state index contributed by atoms with van der Waals surface area (Å²) in [5, 5.41) is 0. The predicted molar refractivity (Wildman–Crippen MR) is 56.2 cm³/mol. The maximum absolute atomic E-state index is 12.3. The van der Waals surface area contributed by atoms with Crippen molar-refractivity contribution in [2.75, 3.05) is 0 Å². The van der Waals surface area contributed by atoms with Crippen molar-refractivity contribution in [3.8, 4) is 0 Å². The SMILES string of the molecule is NC(Cc1ccc2c(c1)CCC2)C(F)F. The van der Waals surface area contributed by atoms with Gasteiger partial charge >= 0.3 is 0 Å². The van der Waals surface area contributed by atoms with Gasteiger partial charge in [-0.05, 0) is 42.4 Å². The van der Waals surface area contributed by atoms with Gasteiger partial charge in [-0.3, -0.25) is 0 Å². The maximum Gasteiger partial charge on any atom is 0.253 e. The molecule has 1 aliphatic rings. The second-order valence-electron chi connectivity index (χ2n) is 4.16. The summed E-state index contributed by atoms with van der Waals surface area (Å²) in [6.07, 6.45) is 1.21. The third kappa shape index (κ3) is 2.34. The average Bonchev–Trinajstić information content (AvgIpc) is 2.64. The molecule has 2 N–H and O–H groups in total. The molecule has 3 heteroatoms. The van der Waals surface area contributed by atoms with E-state index in [-0.39, 0.29) is 6.42 Å². The van der Waals surface area contributed by atoms with Crippen LogP contribution in [0.2, 0.25) is 0 Å². The normalized spacial score (nSPS) is 16.8. The Labute approximate surface area is 88.3 Å². The van der Waals surface area contributed by atoms with Crippen molar-refractivity contribution < 1.29 is 8.78 Å².